The van der Waals surface area contributed by atoms with Gasteiger partial charge in [0.2, 0.25) is 0 Å². The third-order valence-electron chi connectivity index (χ3n) is 2.84. The average Bonchev–Trinajstić information content (AvgIpc) is 2.25. The van der Waals surface area contributed by atoms with Gasteiger partial charge in [-0.15, -0.1) is 0 Å². The molecule has 0 aromatic heterocycles. The summed E-state index contributed by atoms with van der Waals surface area (Å²) in [5.74, 6) is -0.739. The van der Waals surface area contributed by atoms with Crippen molar-refractivity contribution in [2.45, 2.75) is 60.5 Å². The highest BCUT2D eigenvalue weighted by Crippen LogP contribution is 2.23. The SMILES string of the molecule is CCC(C)(C)C(=O)OCC(C)(C)OC(=O)C(C)C. The highest BCUT2D eigenvalue weighted by atomic mass is 16.6. The summed E-state index contributed by atoms with van der Waals surface area (Å²) in [6.45, 7) is 12.7. The molecular weight excluding hydrogens is 232 g/mol. The smallest absolute Gasteiger partial charge is 0.311 e. The van der Waals surface area contributed by atoms with Crippen molar-refractivity contribution in [1.82, 2.24) is 0 Å². The summed E-state index contributed by atoms with van der Waals surface area (Å²) in [6, 6.07) is 0. The molecule has 0 unspecified atom stereocenters. The molecule has 0 aromatic carbocycles. The van der Waals surface area contributed by atoms with Gasteiger partial charge in [0.1, 0.15) is 12.2 Å². The van der Waals surface area contributed by atoms with Crippen molar-refractivity contribution in [3.05, 3.63) is 0 Å². The number of hydrogen-bond donors (Lipinski definition) is 0. The first-order chi connectivity index (χ1) is 8.02. The Kier molecular flexibility index (Phi) is 5.84. The first-order valence-corrected chi connectivity index (χ1v) is 6.42. The zero-order valence-electron chi connectivity index (χ0n) is 12.6. The van der Waals surface area contributed by atoms with E-state index in [0.29, 0.717) is 6.42 Å². The van der Waals surface area contributed by atoms with E-state index in [1.807, 2.05) is 20.8 Å². The Balaban J connectivity index is 4.36. The Morgan fingerprint density at radius 1 is 1.11 bits per heavy atom. The van der Waals surface area contributed by atoms with Crippen molar-refractivity contribution in [2.75, 3.05) is 6.61 Å². The van der Waals surface area contributed by atoms with Gasteiger partial charge in [0, 0.05) is 0 Å². The molecule has 0 fully saturated rings. The second-order valence-electron chi connectivity index (χ2n) is 6.15. The quantitative estimate of drug-likeness (QED) is 0.687. The van der Waals surface area contributed by atoms with Crippen LogP contribution in [0, 0.1) is 11.3 Å². The minimum atomic E-state index is -0.791. The van der Waals surface area contributed by atoms with Gasteiger partial charge >= 0.3 is 11.9 Å². The molecule has 0 heterocycles. The molecule has 0 saturated heterocycles. The van der Waals surface area contributed by atoms with Crippen LogP contribution in [0.1, 0.15) is 54.9 Å². The van der Waals surface area contributed by atoms with Gasteiger partial charge in [0.25, 0.3) is 0 Å². The molecule has 0 aliphatic rings. The summed E-state index contributed by atoms with van der Waals surface area (Å²) in [4.78, 5) is 23.3. The number of ether oxygens (including phenoxy) is 2. The average molecular weight is 258 g/mol. The number of carbonyl (C=O) groups is 2. The summed E-state index contributed by atoms with van der Waals surface area (Å²) >= 11 is 0. The van der Waals surface area contributed by atoms with E-state index in [9.17, 15) is 9.59 Å². The zero-order chi connectivity index (χ0) is 14.6. The van der Waals surface area contributed by atoms with Crippen LogP contribution in [0.4, 0.5) is 0 Å². The molecule has 0 saturated carbocycles. The summed E-state index contributed by atoms with van der Waals surface area (Å²) in [6.07, 6.45) is 0.706. The summed E-state index contributed by atoms with van der Waals surface area (Å²) < 4.78 is 10.5. The van der Waals surface area contributed by atoms with Crippen molar-refractivity contribution in [2.24, 2.45) is 11.3 Å². The van der Waals surface area contributed by atoms with E-state index in [4.69, 9.17) is 9.47 Å². The van der Waals surface area contributed by atoms with Crippen LogP contribution in [0.25, 0.3) is 0 Å². The maximum Gasteiger partial charge on any atom is 0.311 e. The van der Waals surface area contributed by atoms with Crippen LogP contribution in [0.2, 0.25) is 0 Å². The Morgan fingerprint density at radius 2 is 1.61 bits per heavy atom. The molecule has 0 spiro atoms. The maximum absolute atomic E-state index is 11.8. The standard InChI is InChI=1S/C14H26O4/c1-8-13(4,5)12(16)17-9-14(6,7)18-11(15)10(2)3/h10H,8-9H2,1-7H3. The van der Waals surface area contributed by atoms with E-state index in [0.717, 1.165) is 0 Å². The molecule has 106 valence electrons. The first kappa shape index (κ1) is 16.9. The van der Waals surface area contributed by atoms with Gasteiger partial charge in [-0.05, 0) is 34.1 Å². The molecule has 4 nitrogen and oxygen atoms in total. The van der Waals surface area contributed by atoms with Crippen LogP contribution >= 0.6 is 0 Å². The number of carbonyl (C=O) groups excluding carboxylic acids is 2. The van der Waals surface area contributed by atoms with Crippen LogP contribution < -0.4 is 0 Å². The molecule has 0 atom stereocenters. The van der Waals surface area contributed by atoms with Crippen molar-refractivity contribution < 1.29 is 19.1 Å². The first-order valence-electron chi connectivity index (χ1n) is 6.42. The van der Waals surface area contributed by atoms with Crippen molar-refractivity contribution in [3.8, 4) is 0 Å². The summed E-state index contributed by atoms with van der Waals surface area (Å²) in [7, 11) is 0. The molecular formula is C14H26O4. The Morgan fingerprint density at radius 3 is 2.00 bits per heavy atom. The van der Waals surface area contributed by atoms with Gasteiger partial charge in [0.05, 0.1) is 11.3 Å². The highest BCUT2D eigenvalue weighted by Gasteiger charge is 2.31. The largest absolute Gasteiger partial charge is 0.461 e. The molecule has 0 radical (unpaired) electrons. The van der Waals surface area contributed by atoms with Gasteiger partial charge < -0.3 is 9.47 Å². The second-order valence-corrected chi connectivity index (χ2v) is 6.15. The molecule has 0 N–H and O–H groups in total. The number of hydrogen-bond acceptors (Lipinski definition) is 4. The Labute approximate surface area is 110 Å². The van der Waals surface area contributed by atoms with Crippen LogP contribution in [-0.4, -0.2) is 24.1 Å². The fourth-order valence-corrected chi connectivity index (χ4v) is 0.999. The molecule has 0 amide bonds. The lowest BCUT2D eigenvalue weighted by Crippen LogP contribution is -2.38. The molecule has 0 aliphatic heterocycles. The van der Waals surface area contributed by atoms with E-state index < -0.39 is 11.0 Å². The van der Waals surface area contributed by atoms with E-state index in [1.54, 1.807) is 27.7 Å². The minimum Gasteiger partial charge on any atom is -0.461 e. The molecule has 0 aliphatic carbocycles. The van der Waals surface area contributed by atoms with Crippen molar-refractivity contribution >= 4 is 11.9 Å². The molecule has 0 aromatic rings. The van der Waals surface area contributed by atoms with Gasteiger partial charge in [-0.25, -0.2) is 0 Å². The van der Waals surface area contributed by atoms with Gasteiger partial charge in [0.15, 0.2) is 0 Å². The fourth-order valence-electron chi connectivity index (χ4n) is 0.999. The fraction of sp³-hybridized carbons (Fsp3) is 0.857. The van der Waals surface area contributed by atoms with E-state index in [2.05, 4.69) is 0 Å². The van der Waals surface area contributed by atoms with Gasteiger partial charge in [-0.2, -0.15) is 0 Å². The predicted molar refractivity (Wildman–Crippen MR) is 70.0 cm³/mol. The molecule has 0 bridgehead atoms. The highest BCUT2D eigenvalue weighted by molar-refractivity contribution is 5.76. The lowest BCUT2D eigenvalue weighted by Gasteiger charge is -2.28. The van der Waals surface area contributed by atoms with E-state index in [-0.39, 0.29) is 24.5 Å². The van der Waals surface area contributed by atoms with Crippen LogP contribution in [0.15, 0.2) is 0 Å². The predicted octanol–water partition coefficient (Wildman–Crippen LogP) is 2.94. The Bertz CT molecular complexity index is 303. The van der Waals surface area contributed by atoms with Crippen LogP contribution in [0.5, 0.6) is 0 Å². The van der Waals surface area contributed by atoms with Gasteiger partial charge in [-0.3, -0.25) is 9.59 Å². The normalized spacial score (nSPS) is 12.4. The third kappa shape index (κ3) is 5.52. The molecule has 18 heavy (non-hydrogen) atoms. The summed E-state index contributed by atoms with van der Waals surface area (Å²) in [5, 5.41) is 0. The lowest BCUT2D eigenvalue weighted by molar-refractivity contribution is -0.175. The molecule has 0 rings (SSSR count). The maximum atomic E-state index is 11.8. The van der Waals surface area contributed by atoms with Crippen LogP contribution in [-0.2, 0) is 19.1 Å². The second kappa shape index (κ2) is 6.21. The van der Waals surface area contributed by atoms with E-state index in [1.165, 1.54) is 0 Å². The summed E-state index contributed by atoms with van der Waals surface area (Å²) in [5.41, 5.74) is -1.29. The minimum absolute atomic E-state index is 0.0771. The zero-order valence-corrected chi connectivity index (χ0v) is 12.6. The topological polar surface area (TPSA) is 52.6 Å². The van der Waals surface area contributed by atoms with Gasteiger partial charge in [-0.1, -0.05) is 20.8 Å². The van der Waals surface area contributed by atoms with Crippen LogP contribution in [0.3, 0.4) is 0 Å². The Hall–Kier alpha value is -1.06. The monoisotopic (exact) mass is 258 g/mol. The number of rotatable bonds is 6. The van der Waals surface area contributed by atoms with Crippen molar-refractivity contribution in [3.63, 3.8) is 0 Å². The number of esters is 2. The molecule has 4 heteroatoms. The van der Waals surface area contributed by atoms with E-state index >= 15 is 0 Å². The lowest BCUT2D eigenvalue weighted by atomic mass is 9.90. The van der Waals surface area contributed by atoms with Crippen molar-refractivity contribution in [1.29, 1.82) is 0 Å². The third-order valence-corrected chi connectivity index (χ3v) is 2.84.